The summed E-state index contributed by atoms with van der Waals surface area (Å²) in [4.78, 5) is 11.8. The molecular formula is C15H22N6O. The molecule has 7 nitrogen and oxygen atoms in total. The van der Waals surface area contributed by atoms with Gasteiger partial charge in [0.25, 0.3) is 0 Å². The molecule has 2 heterocycles. The highest BCUT2D eigenvalue weighted by atomic mass is 16.1. The molecule has 0 amide bonds. The van der Waals surface area contributed by atoms with E-state index in [2.05, 4.69) is 22.7 Å². The van der Waals surface area contributed by atoms with Crippen LogP contribution in [0.5, 0.6) is 0 Å². The molecule has 7 heteroatoms. The van der Waals surface area contributed by atoms with Gasteiger partial charge in [0.05, 0.1) is 11.4 Å². The van der Waals surface area contributed by atoms with Gasteiger partial charge in [-0.2, -0.15) is 10.5 Å². The molecular weight excluding hydrogens is 280 g/mol. The highest BCUT2D eigenvalue weighted by molar-refractivity contribution is 5.80. The zero-order valence-electron chi connectivity index (χ0n) is 13.3. The zero-order chi connectivity index (χ0) is 15.5. The maximum Gasteiger partial charge on any atom is 0.183 e. The molecule has 2 aliphatic carbocycles. The molecule has 0 spiro atoms. The predicted octanol–water partition coefficient (Wildman–Crippen LogP) is 1.81. The van der Waals surface area contributed by atoms with Gasteiger partial charge in [-0.1, -0.05) is 12.1 Å². The first kappa shape index (κ1) is 13.9. The van der Waals surface area contributed by atoms with Crippen molar-refractivity contribution in [1.29, 1.82) is 0 Å². The molecule has 22 heavy (non-hydrogen) atoms. The second-order valence-corrected chi connectivity index (χ2v) is 6.99. The van der Waals surface area contributed by atoms with Crippen LogP contribution in [0.2, 0.25) is 0 Å². The van der Waals surface area contributed by atoms with Gasteiger partial charge in [-0.25, -0.2) is 5.12 Å². The minimum atomic E-state index is -0.156. The average molecular weight is 302 g/mol. The zero-order valence-corrected chi connectivity index (χ0v) is 13.3. The van der Waals surface area contributed by atoms with Crippen molar-refractivity contribution in [2.45, 2.75) is 50.6 Å². The van der Waals surface area contributed by atoms with E-state index in [9.17, 15) is 4.79 Å². The molecule has 0 saturated heterocycles. The Morgan fingerprint density at radius 1 is 1.32 bits per heavy atom. The van der Waals surface area contributed by atoms with E-state index < -0.39 is 0 Å². The summed E-state index contributed by atoms with van der Waals surface area (Å²) in [5.74, 6) is 0.847. The van der Waals surface area contributed by atoms with Gasteiger partial charge in [0.15, 0.2) is 6.17 Å². The van der Waals surface area contributed by atoms with Gasteiger partial charge in [0, 0.05) is 37.9 Å². The lowest BCUT2D eigenvalue weighted by Crippen LogP contribution is -2.42. The van der Waals surface area contributed by atoms with Crippen LogP contribution in [0.3, 0.4) is 0 Å². The number of carbonyl (C=O) groups excluding carboxylic acids is 1. The number of hydrazine groups is 1. The highest BCUT2D eigenvalue weighted by Crippen LogP contribution is 2.49. The Morgan fingerprint density at radius 2 is 2.14 bits per heavy atom. The van der Waals surface area contributed by atoms with Crippen molar-refractivity contribution in [3.63, 3.8) is 0 Å². The molecule has 3 atom stereocenters. The van der Waals surface area contributed by atoms with E-state index in [0.29, 0.717) is 24.5 Å². The summed E-state index contributed by atoms with van der Waals surface area (Å²) in [5.41, 5.74) is 6.85. The summed E-state index contributed by atoms with van der Waals surface area (Å²) in [6.45, 7) is 2.29. The van der Waals surface area contributed by atoms with Crippen LogP contribution < -0.4 is 5.43 Å². The van der Waals surface area contributed by atoms with Crippen LogP contribution in [0, 0.1) is 5.92 Å². The molecule has 0 radical (unpaired) electrons. The van der Waals surface area contributed by atoms with Gasteiger partial charge in [-0.05, 0) is 25.2 Å². The minimum Gasteiger partial charge on any atom is -0.300 e. The molecule has 118 valence electrons. The lowest BCUT2D eigenvalue weighted by molar-refractivity contribution is -0.123. The average Bonchev–Trinajstić information content (AvgIpc) is 3.03. The fourth-order valence-corrected chi connectivity index (χ4v) is 4.36. The number of carbonyl (C=O) groups is 1. The predicted molar refractivity (Wildman–Crippen MR) is 79.7 cm³/mol. The fraction of sp³-hybridized carbons (Fsp3) is 0.733. The van der Waals surface area contributed by atoms with Crippen LogP contribution >= 0.6 is 0 Å². The van der Waals surface area contributed by atoms with Crippen LogP contribution in [0.25, 0.3) is 0 Å². The molecule has 0 aromatic carbocycles. The molecule has 1 aliphatic heterocycles. The van der Waals surface area contributed by atoms with Crippen LogP contribution in [-0.2, 0) is 23.7 Å². The maximum absolute atomic E-state index is 11.8. The molecule has 3 aliphatic rings. The van der Waals surface area contributed by atoms with Crippen molar-refractivity contribution in [3.05, 3.63) is 17.0 Å². The highest BCUT2D eigenvalue weighted by Gasteiger charge is 2.47. The van der Waals surface area contributed by atoms with E-state index in [4.69, 9.17) is 5.10 Å². The number of hydrogen-bond acceptors (Lipinski definition) is 6. The van der Waals surface area contributed by atoms with Gasteiger partial charge < -0.3 is 0 Å². The first-order valence-corrected chi connectivity index (χ1v) is 7.97. The Hall–Kier alpha value is -1.76. The van der Waals surface area contributed by atoms with Crippen LogP contribution in [0.1, 0.15) is 55.7 Å². The minimum absolute atomic E-state index is 0.0269. The standard InChI is InChI=1S/C15H22N6O/c1-15-7-6-10(22)8-9(15)4-5-11-12(20(2)17-13(11)15)14-16-19-21(3)18-14/h9,14,18H,4-8H2,1-3H3/t9?,14?,15-/m0/s1. The number of aromatic nitrogens is 2. The third-order valence-corrected chi connectivity index (χ3v) is 5.65. The summed E-state index contributed by atoms with van der Waals surface area (Å²) in [6.07, 6.45) is 4.20. The third kappa shape index (κ3) is 1.84. The number of hydrogen-bond donors (Lipinski definition) is 1. The summed E-state index contributed by atoms with van der Waals surface area (Å²) in [7, 11) is 3.83. The first-order chi connectivity index (χ1) is 10.5. The van der Waals surface area contributed by atoms with Crippen molar-refractivity contribution in [1.82, 2.24) is 20.3 Å². The third-order valence-electron chi connectivity index (χ3n) is 5.65. The van der Waals surface area contributed by atoms with E-state index in [1.165, 1.54) is 11.3 Å². The number of Topliss-reactive ketones (excluding diaryl/α,β-unsaturated/α-hetero) is 1. The number of aryl methyl sites for hydroxylation is 1. The number of nitrogens with zero attached hydrogens (tertiary/aromatic N) is 5. The molecule has 0 bridgehead atoms. The van der Waals surface area contributed by atoms with Crippen molar-refractivity contribution >= 4 is 5.78 Å². The summed E-state index contributed by atoms with van der Waals surface area (Å²) in [6, 6.07) is 0. The van der Waals surface area contributed by atoms with Gasteiger partial charge in [-0.3, -0.25) is 9.48 Å². The summed E-state index contributed by atoms with van der Waals surface area (Å²) < 4.78 is 1.95. The van der Waals surface area contributed by atoms with E-state index in [1.54, 1.807) is 5.12 Å². The van der Waals surface area contributed by atoms with E-state index in [0.717, 1.165) is 25.0 Å². The summed E-state index contributed by atoms with van der Waals surface area (Å²) >= 11 is 0. The Labute approximate surface area is 129 Å². The van der Waals surface area contributed by atoms with Crippen LogP contribution in [-0.4, -0.2) is 27.7 Å². The number of nitrogens with one attached hydrogen (secondary N) is 1. The SMILES string of the molecule is CN1N=NC(c2c3c(nn2C)[C@@]2(C)CCC(=O)CC2CC3)N1. The Kier molecular flexibility index (Phi) is 2.91. The van der Waals surface area contributed by atoms with Crippen LogP contribution in [0.4, 0.5) is 0 Å². The van der Waals surface area contributed by atoms with Crippen LogP contribution in [0.15, 0.2) is 10.3 Å². The van der Waals surface area contributed by atoms with Gasteiger partial charge >= 0.3 is 0 Å². The largest absolute Gasteiger partial charge is 0.300 e. The monoisotopic (exact) mass is 302 g/mol. The lowest BCUT2D eigenvalue weighted by atomic mass is 9.60. The second kappa shape index (κ2) is 4.62. The van der Waals surface area contributed by atoms with Gasteiger partial charge in [0.2, 0.25) is 0 Å². The quantitative estimate of drug-likeness (QED) is 0.858. The van der Waals surface area contributed by atoms with Crippen molar-refractivity contribution < 1.29 is 4.79 Å². The molecule has 1 aromatic heterocycles. The van der Waals surface area contributed by atoms with E-state index in [-0.39, 0.29) is 11.6 Å². The number of fused-ring (bicyclic) bond motifs is 3. The first-order valence-electron chi connectivity index (χ1n) is 7.97. The fourth-order valence-electron chi connectivity index (χ4n) is 4.36. The molecule has 4 rings (SSSR count). The molecule has 1 aromatic rings. The Morgan fingerprint density at radius 3 is 2.86 bits per heavy atom. The number of rotatable bonds is 1. The maximum atomic E-state index is 11.8. The van der Waals surface area contributed by atoms with Crippen molar-refractivity contribution in [3.8, 4) is 0 Å². The molecule has 1 saturated carbocycles. The molecule has 2 unspecified atom stereocenters. The van der Waals surface area contributed by atoms with Crippen molar-refractivity contribution in [2.75, 3.05) is 7.05 Å². The molecule has 1 fully saturated rings. The normalized spacial score (nSPS) is 34.0. The second-order valence-electron chi connectivity index (χ2n) is 6.99. The smallest absolute Gasteiger partial charge is 0.183 e. The van der Waals surface area contributed by atoms with Gasteiger partial charge in [-0.15, -0.1) is 5.11 Å². The summed E-state index contributed by atoms with van der Waals surface area (Å²) in [5, 5.41) is 14.8. The molecule has 1 N–H and O–H groups in total. The van der Waals surface area contributed by atoms with Crippen molar-refractivity contribution in [2.24, 2.45) is 23.3 Å². The number of ketones is 1. The van der Waals surface area contributed by atoms with Gasteiger partial charge in [0.1, 0.15) is 5.78 Å². The van der Waals surface area contributed by atoms with E-state index in [1.807, 2.05) is 18.8 Å². The Bertz CT molecular complexity index is 665. The topological polar surface area (TPSA) is 74.9 Å². The van der Waals surface area contributed by atoms with E-state index >= 15 is 0 Å². The lowest BCUT2D eigenvalue weighted by Gasteiger charge is -2.43. The Balaban J connectivity index is 1.77.